The molecule has 4 rings (SSSR count). The average Bonchev–Trinajstić information content (AvgIpc) is 3.15. The van der Waals surface area contributed by atoms with E-state index >= 15 is 0 Å². The summed E-state index contributed by atoms with van der Waals surface area (Å²) in [6.07, 6.45) is 7.78. The van der Waals surface area contributed by atoms with Crippen LogP contribution in [0.15, 0.2) is 54.9 Å². The van der Waals surface area contributed by atoms with E-state index in [0.717, 1.165) is 36.5 Å². The number of hydrogen-bond acceptors (Lipinski definition) is 4. The van der Waals surface area contributed by atoms with Crippen LogP contribution in [0.1, 0.15) is 31.4 Å². The Morgan fingerprint density at radius 3 is 2.80 bits per heavy atom. The van der Waals surface area contributed by atoms with Crippen molar-refractivity contribution >= 4 is 42.1 Å². The number of amides is 1. The van der Waals surface area contributed by atoms with Crippen LogP contribution in [0.2, 0.25) is 0 Å². The fourth-order valence-electron chi connectivity index (χ4n) is 3.61. The van der Waals surface area contributed by atoms with Gasteiger partial charge in [-0.15, -0.1) is 24.8 Å². The van der Waals surface area contributed by atoms with E-state index in [1.54, 1.807) is 0 Å². The number of carbonyl (C=O) groups excluding carboxylic acids is 1. The lowest BCUT2D eigenvalue weighted by Gasteiger charge is -2.22. The van der Waals surface area contributed by atoms with Crippen LogP contribution in [0.25, 0.3) is 5.65 Å². The summed E-state index contributed by atoms with van der Waals surface area (Å²) in [5, 5.41) is 6.35. The maximum Gasteiger partial charge on any atom is 0.224 e. The van der Waals surface area contributed by atoms with Crippen molar-refractivity contribution in [2.45, 2.75) is 32.3 Å². The zero-order valence-electron chi connectivity index (χ0n) is 16.8. The molecule has 1 amide bonds. The molecule has 162 valence electrons. The minimum Gasteiger partial charge on any atom is -0.487 e. The first-order valence-corrected chi connectivity index (χ1v) is 9.92. The summed E-state index contributed by atoms with van der Waals surface area (Å²) in [6, 6.07) is 13.4. The van der Waals surface area contributed by atoms with Crippen molar-refractivity contribution in [3.05, 3.63) is 60.6 Å². The van der Waals surface area contributed by atoms with E-state index in [9.17, 15) is 4.79 Å². The van der Waals surface area contributed by atoms with Crippen molar-refractivity contribution in [1.82, 2.24) is 14.7 Å². The van der Waals surface area contributed by atoms with Crippen molar-refractivity contribution in [2.24, 2.45) is 5.92 Å². The minimum atomic E-state index is 0. The summed E-state index contributed by atoms with van der Waals surface area (Å²) >= 11 is 0. The minimum absolute atomic E-state index is 0. The number of rotatable bonds is 7. The van der Waals surface area contributed by atoms with Gasteiger partial charge in [0.05, 0.1) is 5.69 Å². The predicted molar refractivity (Wildman–Crippen MR) is 124 cm³/mol. The van der Waals surface area contributed by atoms with Crippen LogP contribution in [-0.2, 0) is 11.4 Å². The Bertz CT molecular complexity index is 909. The average molecular weight is 451 g/mol. The third kappa shape index (κ3) is 6.62. The molecule has 1 saturated heterocycles. The van der Waals surface area contributed by atoms with Crippen LogP contribution in [-0.4, -0.2) is 28.4 Å². The van der Waals surface area contributed by atoms with Gasteiger partial charge < -0.3 is 19.8 Å². The normalized spacial score (nSPS) is 13.9. The SMILES string of the molecule is Cl.Cl.O=C(CCC1CCNCC1)Nc1cccc(OCc2cn3ccccc3n2)c1. The number of nitrogens with one attached hydrogen (secondary N) is 2. The molecule has 0 unspecified atom stereocenters. The topological polar surface area (TPSA) is 67.7 Å². The molecule has 0 radical (unpaired) electrons. The first-order valence-electron chi connectivity index (χ1n) is 9.92. The number of nitrogens with zero attached hydrogens (tertiary/aromatic N) is 2. The van der Waals surface area contributed by atoms with E-state index in [4.69, 9.17) is 4.74 Å². The molecule has 0 bridgehead atoms. The molecule has 2 aromatic heterocycles. The van der Waals surface area contributed by atoms with E-state index in [0.29, 0.717) is 24.7 Å². The number of carbonyl (C=O) groups is 1. The fourth-order valence-corrected chi connectivity index (χ4v) is 3.61. The molecular weight excluding hydrogens is 423 g/mol. The standard InChI is InChI=1S/C22H26N4O2.2ClH/c27-22(8-7-17-9-11-23-12-10-17)25-18-4-3-5-20(14-18)28-16-19-15-26-13-2-1-6-21(26)24-19;;/h1-6,13-15,17,23H,7-12,16H2,(H,25,27);2*1H. The number of aromatic nitrogens is 2. The molecule has 0 atom stereocenters. The second-order valence-electron chi connectivity index (χ2n) is 7.30. The Morgan fingerprint density at radius 2 is 2.00 bits per heavy atom. The Morgan fingerprint density at radius 1 is 1.17 bits per heavy atom. The fraction of sp³-hybridized carbons (Fsp3) is 0.364. The smallest absolute Gasteiger partial charge is 0.224 e. The molecule has 2 N–H and O–H groups in total. The number of anilines is 1. The molecule has 8 heteroatoms. The Labute approximate surface area is 189 Å². The molecule has 0 spiro atoms. The highest BCUT2D eigenvalue weighted by molar-refractivity contribution is 5.90. The predicted octanol–water partition coefficient (Wildman–Crippen LogP) is 4.48. The van der Waals surface area contributed by atoms with Gasteiger partial charge in [-0.2, -0.15) is 0 Å². The number of imidazole rings is 1. The maximum atomic E-state index is 12.3. The lowest BCUT2D eigenvalue weighted by Crippen LogP contribution is -2.28. The van der Waals surface area contributed by atoms with E-state index in [-0.39, 0.29) is 30.7 Å². The van der Waals surface area contributed by atoms with Gasteiger partial charge >= 0.3 is 0 Å². The molecule has 30 heavy (non-hydrogen) atoms. The van der Waals surface area contributed by atoms with Crippen molar-refractivity contribution in [2.75, 3.05) is 18.4 Å². The quantitative estimate of drug-likeness (QED) is 0.556. The molecule has 3 aromatic rings. The van der Waals surface area contributed by atoms with E-state index in [1.807, 2.05) is 59.3 Å². The van der Waals surface area contributed by atoms with Crippen molar-refractivity contribution < 1.29 is 9.53 Å². The Hall–Kier alpha value is -2.28. The Kier molecular flexibility index (Phi) is 9.43. The highest BCUT2D eigenvalue weighted by atomic mass is 35.5. The second-order valence-corrected chi connectivity index (χ2v) is 7.30. The van der Waals surface area contributed by atoms with E-state index < -0.39 is 0 Å². The van der Waals surface area contributed by atoms with Crippen molar-refractivity contribution in [1.29, 1.82) is 0 Å². The van der Waals surface area contributed by atoms with Crippen LogP contribution in [0, 0.1) is 5.92 Å². The largest absolute Gasteiger partial charge is 0.487 e. The molecule has 0 saturated carbocycles. The third-order valence-electron chi connectivity index (χ3n) is 5.16. The number of ether oxygens (including phenoxy) is 1. The van der Waals surface area contributed by atoms with E-state index in [2.05, 4.69) is 15.6 Å². The molecule has 6 nitrogen and oxygen atoms in total. The molecule has 0 aliphatic carbocycles. The summed E-state index contributed by atoms with van der Waals surface area (Å²) in [5.41, 5.74) is 2.53. The van der Waals surface area contributed by atoms with Gasteiger partial charge in [-0.1, -0.05) is 12.1 Å². The summed E-state index contributed by atoms with van der Waals surface area (Å²) in [7, 11) is 0. The monoisotopic (exact) mass is 450 g/mol. The first-order chi connectivity index (χ1) is 13.8. The molecular formula is C22H28Cl2N4O2. The Balaban J connectivity index is 0.00000160. The summed E-state index contributed by atoms with van der Waals surface area (Å²) in [4.78, 5) is 16.8. The first kappa shape index (κ1) is 24.0. The zero-order chi connectivity index (χ0) is 19.2. The van der Waals surface area contributed by atoms with Gasteiger partial charge in [0.25, 0.3) is 0 Å². The third-order valence-corrected chi connectivity index (χ3v) is 5.16. The van der Waals surface area contributed by atoms with Crippen LogP contribution in [0.3, 0.4) is 0 Å². The lowest BCUT2D eigenvalue weighted by molar-refractivity contribution is -0.116. The zero-order valence-corrected chi connectivity index (χ0v) is 18.4. The maximum absolute atomic E-state index is 12.3. The molecule has 3 heterocycles. The molecule has 1 aliphatic rings. The number of pyridine rings is 1. The summed E-state index contributed by atoms with van der Waals surface area (Å²) < 4.78 is 7.83. The number of piperidine rings is 1. The van der Waals surface area contributed by atoms with Crippen LogP contribution >= 0.6 is 24.8 Å². The lowest BCUT2D eigenvalue weighted by atomic mass is 9.93. The number of benzene rings is 1. The van der Waals surface area contributed by atoms with Gasteiger partial charge in [0, 0.05) is 30.6 Å². The van der Waals surface area contributed by atoms with Crippen LogP contribution in [0.5, 0.6) is 5.75 Å². The summed E-state index contributed by atoms with van der Waals surface area (Å²) in [6.45, 7) is 2.52. The van der Waals surface area contributed by atoms with Crippen molar-refractivity contribution in [3.63, 3.8) is 0 Å². The van der Waals surface area contributed by atoms with Gasteiger partial charge in [0.2, 0.25) is 5.91 Å². The van der Waals surface area contributed by atoms with Crippen LogP contribution in [0.4, 0.5) is 5.69 Å². The van der Waals surface area contributed by atoms with Gasteiger partial charge in [-0.05, 0) is 62.5 Å². The van der Waals surface area contributed by atoms with Crippen LogP contribution < -0.4 is 15.4 Å². The molecule has 1 aromatic carbocycles. The van der Waals surface area contributed by atoms with Gasteiger partial charge in [0.1, 0.15) is 18.0 Å². The number of halogens is 2. The second kappa shape index (κ2) is 11.8. The number of hydrogen-bond donors (Lipinski definition) is 2. The van der Waals surface area contributed by atoms with Gasteiger partial charge in [-0.3, -0.25) is 4.79 Å². The summed E-state index contributed by atoms with van der Waals surface area (Å²) in [5.74, 6) is 1.44. The highest BCUT2D eigenvalue weighted by Crippen LogP contribution is 2.21. The molecule has 1 fully saturated rings. The van der Waals surface area contributed by atoms with Gasteiger partial charge in [-0.25, -0.2) is 4.98 Å². The van der Waals surface area contributed by atoms with Gasteiger partial charge in [0.15, 0.2) is 0 Å². The van der Waals surface area contributed by atoms with E-state index in [1.165, 1.54) is 12.8 Å². The number of fused-ring (bicyclic) bond motifs is 1. The molecule has 1 aliphatic heterocycles. The highest BCUT2D eigenvalue weighted by Gasteiger charge is 2.14. The van der Waals surface area contributed by atoms with Crippen molar-refractivity contribution in [3.8, 4) is 5.75 Å².